The van der Waals surface area contributed by atoms with E-state index in [1.54, 1.807) is 6.08 Å². The summed E-state index contributed by atoms with van der Waals surface area (Å²) in [5, 5.41) is 7.24. The number of fused-ring (bicyclic) bond motifs is 9. The van der Waals surface area contributed by atoms with Crippen LogP contribution in [-0.4, -0.2) is 14.5 Å². The first-order chi connectivity index (χ1) is 30.2. The molecule has 0 saturated heterocycles. The molecule has 6 aromatic carbocycles. The average molecular weight is 796 g/mol. The second-order valence-corrected chi connectivity index (χ2v) is 14.7. The lowest BCUT2D eigenvalue weighted by Crippen LogP contribution is -2.01. The zero-order valence-corrected chi connectivity index (χ0v) is 36.0. The summed E-state index contributed by atoms with van der Waals surface area (Å²) in [5.74, 6) is 0.693. The number of allylic oxidation sites excluding steroid dienone is 8. The molecule has 61 heavy (non-hydrogen) atoms. The number of benzene rings is 6. The number of aryl methyl sites for hydroxylation is 1. The number of furan rings is 1. The van der Waals surface area contributed by atoms with Crippen LogP contribution < -0.4 is 0 Å². The maximum absolute atomic E-state index is 6.47. The molecule has 4 heteroatoms. The van der Waals surface area contributed by atoms with Crippen molar-refractivity contribution in [3.8, 4) is 28.3 Å². The lowest BCUT2D eigenvalue weighted by Gasteiger charge is -2.16. The van der Waals surface area contributed by atoms with Crippen LogP contribution in [0.15, 0.2) is 175 Å². The van der Waals surface area contributed by atoms with E-state index in [0.717, 1.165) is 81.0 Å². The molecular formula is C57H53N3O. The molecule has 0 atom stereocenters. The standard InChI is InChI=1S/C48H33N3O.C5H8.2C2H6/c1-2-13-30(14-3-1)40-29-43-45(35-17-5-4-15-33(35)40)38-19-7-10-23-42(38)51(43)32-27-25-31(26-28-32)48-49-41-22-9-6-18-37(41)46(50-48)39-21-12-20-36-34-16-8-11-24-44(34)52-47(36)39;1-3-5-4-2;2*1-2/h1-2,4-6,8-13,15-18,20-29H,3,7,14,19H2;3-5H,1H2,2H3;2*1-2H3/b;5-4-;;. The van der Waals surface area contributed by atoms with Crippen LogP contribution in [0, 0.1) is 0 Å². The highest BCUT2D eigenvalue weighted by Gasteiger charge is 2.23. The molecule has 302 valence electrons. The lowest BCUT2D eigenvalue weighted by atomic mass is 9.89. The maximum Gasteiger partial charge on any atom is 0.160 e. The molecule has 2 aliphatic rings. The van der Waals surface area contributed by atoms with E-state index < -0.39 is 0 Å². The molecular weight excluding hydrogens is 743 g/mol. The van der Waals surface area contributed by atoms with Crippen LogP contribution in [-0.2, 0) is 6.42 Å². The molecule has 0 bridgehead atoms. The highest BCUT2D eigenvalue weighted by molar-refractivity contribution is 6.15. The minimum atomic E-state index is 0.693. The molecule has 0 aliphatic heterocycles. The molecule has 4 nitrogen and oxygen atoms in total. The quantitative estimate of drug-likeness (QED) is 0.163. The zero-order valence-electron chi connectivity index (χ0n) is 36.0. The number of hydrogen-bond acceptors (Lipinski definition) is 3. The van der Waals surface area contributed by atoms with Gasteiger partial charge in [0, 0.05) is 44.1 Å². The number of rotatable bonds is 5. The Hall–Kier alpha value is -7.04. The highest BCUT2D eigenvalue weighted by atomic mass is 16.3. The third-order valence-corrected chi connectivity index (χ3v) is 11.3. The number of aromatic nitrogens is 3. The molecule has 0 spiro atoms. The fraction of sp³-hybridized carbons (Fsp3) is 0.158. The molecule has 0 saturated carbocycles. The summed E-state index contributed by atoms with van der Waals surface area (Å²) in [7, 11) is 0. The van der Waals surface area contributed by atoms with Crippen molar-refractivity contribution < 1.29 is 4.42 Å². The van der Waals surface area contributed by atoms with Crippen LogP contribution in [0.5, 0.6) is 0 Å². The maximum atomic E-state index is 6.47. The van der Waals surface area contributed by atoms with Gasteiger partial charge in [-0.1, -0.05) is 150 Å². The van der Waals surface area contributed by atoms with E-state index in [0.29, 0.717) is 5.82 Å². The van der Waals surface area contributed by atoms with Gasteiger partial charge in [0.1, 0.15) is 11.2 Å². The van der Waals surface area contributed by atoms with Crippen molar-refractivity contribution in [3.63, 3.8) is 0 Å². The molecule has 0 N–H and O–H groups in total. The van der Waals surface area contributed by atoms with Gasteiger partial charge in [-0.05, 0) is 115 Å². The summed E-state index contributed by atoms with van der Waals surface area (Å²) in [5.41, 5.74) is 13.3. The second kappa shape index (κ2) is 18.5. The van der Waals surface area contributed by atoms with Crippen LogP contribution in [0.4, 0.5) is 0 Å². The van der Waals surface area contributed by atoms with Gasteiger partial charge in [0.05, 0.1) is 16.7 Å². The molecule has 11 rings (SSSR count). The molecule has 0 radical (unpaired) electrons. The Morgan fingerprint density at radius 1 is 0.672 bits per heavy atom. The van der Waals surface area contributed by atoms with E-state index in [4.69, 9.17) is 14.4 Å². The van der Waals surface area contributed by atoms with E-state index in [2.05, 4.69) is 145 Å². The van der Waals surface area contributed by atoms with Crippen molar-refractivity contribution in [1.29, 1.82) is 0 Å². The smallest absolute Gasteiger partial charge is 0.160 e. The van der Waals surface area contributed by atoms with Crippen molar-refractivity contribution in [1.82, 2.24) is 14.5 Å². The van der Waals surface area contributed by atoms with Gasteiger partial charge in [-0.2, -0.15) is 0 Å². The van der Waals surface area contributed by atoms with Crippen LogP contribution in [0.1, 0.15) is 70.7 Å². The minimum Gasteiger partial charge on any atom is -0.455 e. The highest BCUT2D eigenvalue weighted by Crippen LogP contribution is 2.43. The van der Waals surface area contributed by atoms with Gasteiger partial charge < -0.3 is 8.98 Å². The van der Waals surface area contributed by atoms with Crippen LogP contribution in [0.25, 0.3) is 94.5 Å². The summed E-state index contributed by atoms with van der Waals surface area (Å²) in [4.78, 5) is 10.4. The fourth-order valence-electron chi connectivity index (χ4n) is 8.71. The van der Waals surface area contributed by atoms with Crippen LogP contribution in [0.2, 0.25) is 0 Å². The average Bonchev–Trinajstić information content (AvgIpc) is 3.89. The Morgan fingerprint density at radius 2 is 1.38 bits per heavy atom. The largest absolute Gasteiger partial charge is 0.455 e. The first kappa shape index (κ1) is 40.7. The summed E-state index contributed by atoms with van der Waals surface area (Å²) in [6.45, 7) is 13.4. The van der Waals surface area contributed by atoms with Gasteiger partial charge in [0.2, 0.25) is 0 Å². The Balaban J connectivity index is 0.000000528. The Bertz CT molecular complexity index is 3150. The van der Waals surface area contributed by atoms with E-state index in [1.165, 1.54) is 44.1 Å². The summed E-state index contributed by atoms with van der Waals surface area (Å²) >= 11 is 0. The summed E-state index contributed by atoms with van der Waals surface area (Å²) < 4.78 is 8.93. The molecule has 0 unspecified atom stereocenters. The Kier molecular flexibility index (Phi) is 12.3. The predicted octanol–water partition coefficient (Wildman–Crippen LogP) is 16.5. The molecule has 3 aromatic heterocycles. The Labute approximate surface area is 359 Å². The van der Waals surface area contributed by atoms with Crippen molar-refractivity contribution in [2.24, 2.45) is 0 Å². The van der Waals surface area contributed by atoms with Crippen molar-refractivity contribution in [2.45, 2.75) is 60.3 Å². The molecule has 3 heterocycles. The van der Waals surface area contributed by atoms with Gasteiger partial charge in [0.15, 0.2) is 5.82 Å². The van der Waals surface area contributed by atoms with E-state index in [-0.39, 0.29) is 0 Å². The minimum absolute atomic E-state index is 0.693. The topological polar surface area (TPSA) is 43.9 Å². The lowest BCUT2D eigenvalue weighted by molar-refractivity contribution is 0.670. The monoisotopic (exact) mass is 795 g/mol. The third kappa shape index (κ3) is 7.55. The van der Waals surface area contributed by atoms with Crippen molar-refractivity contribution in [2.75, 3.05) is 0 Å². The molecule has 0 amide bonds. The van der Waals surface area contributed by atoms with Gasteiger partial charge >= 0.3 is 0 Å². The zero-order chi connectivity index (χ0) is 42.3. The number of para-hydroxylation sites is 3. The van der Waals surface area contributed by atoms with E-state index in [9.17, 15) is 0 Å². The molecule has 9 aromatic rings. The predicted molar refractivity (Wildman–Crippen MR) is 263 cm³/mol. The first-order valence-corrected chi connectivity index (χ1v) is 21.9. The summed E-state index contributed by atoms with van der Waals surface area (Å²) in [6.07, 6.45) is 21.2. The van der Waals surface area contributed by atoms with Gasteiger partial charge in [0.25, 0.3) is 0 Å². The van der Waals surface area contributed by atoms with Crippen molar-refractivity contribution in [3.05, 3.63) is 187 Å². The van der Waals surface area contributed by atoms with Crippen LogP contribution in [0.3, 0.4) is 0 Å². The van der Waals surface area contributed by atoms with Gasteiger partial charge in [-0.15, -0.1) is 0 Å². The van der Waals surface area contributed by atoms with E-state index in [1.807, 2.05) is 65.0 Å². The van der Waals surface area contributed by atoms with Crippen molar-refractivity contribution >= 4 is 66.2 Å². The number of nitrogens with zero attached hydrogens (tertiary/aromatic N) is 3. The first-order valence-electron chi connectivity index (χ1n) is 21.9. The van der Waals surface area contributed by atoms with Gasteiger partial charge in [-0.3, -0.25) is 0 Å². The van der Waals surface area contributed by atoms with Gasteiger partial charge in [-0.25, -0.2) is 9.97 Å². The normalized spacial score (nSPS) is 13.0. The Morgan fingerprint density at radius 3 is 2.11 bits per heavy atom. The molecule has 0 fully saturated rings. The second-order valence-electron chi connectivity index (χ2n) is 14.7. The fourth-order valence-corrected chi connectivity index (χ4v) is 8.71. The number of hydrogen-bond donors (Lipinski definition) is 0. The molecule has 2 aliphatic carbocycles. The SMILES string of the molecule is C1=CCCC(c2cc3c(c4c(n3-c3ccc(-c5nc(-c6cccc7c6oc6ccccc67)c6ccccc6n5)cc3)C=CCC4)c3ccccc23)=C1.C=C/C=C\C.CC.CC. The third-order valence-electron chi connectivity index (χ3n) is 11.3. The van der Waals surface area contributed by atoms with E-state index >= 15 is 0 Å². The summed E-state index contributed by atoms with van der Waals surface area (Å²) in [6, 6.07) is 43.0. The van der Waals surface area contributed by atoms with Crippen LogP contribution >= 0.6 is 0 Å².